The molecule has 47 heavy (non-hydrogen) atoms. The molecule has 4 aliphatic heterocycles. The number of ether oxygens (including phenoxy) is 1. The van der Waals surface area contributed by atoms with Crippen molar-refractivity contribution in [1.29, 1.82) is 0 Å². The lowest BCUT2D eigenvalue weighted by Gasteiger charge is -2.57. The molecule has 240 valence electrons. The minimum atomic E-state index is -0.513. The van der Waals surface area contributed by atoms with E-state index in [1.54, 1.807) is 17.4 Å². The topological polar surface area (TPSA) is 119 Å². The van der Waals surface area contributed by atoms with Gasteiger partial charge in [0.25, 0.3) is 0 Å². The summed E-state index contributed by atoms with van der Waals surface area (Å²) in [7, 11) is 1.35. The van der Waals surface area contributed by atoms with Crippen LogP contribution < -0.4 is 10.6 Å². The average molecular weight is 668 g/mol. The van der Waals surface area contributed by atoms with E-state index >= 15 is 0 Å². The Morgan fingerprint density at radius 3 is 2.53 bits per heavy atom. The number of esters is 1. The van der Waals surface area contributed by atoms with Crippen molar-refractivity contribution in [2.75, 3.05) is 31.6 Å². The van der Waals surface area contributed by atoms with Crippen molar-refractivity contribution in [3.63, 3.8) is 0 Å². The fourth-order valence-electron chi connectivity index (χ4n) is 6.90. The van der Waals surface area contributed by atoms with Crippen LogP contribution in [0.25, 0.3) is 5.00 Å². The van der Waals surface area contributed by atoms with Crippen molar-refractivity contribution < 1.29 is 14.3 Å². The molecule has 1 amide bonds. The number of hydrogen-bond donors (Lipinski definition) is 1. The first-order valence-electron chi connectivity index (χ1n) is 15.5. The Balaban J connectivity index is 1.17. The number of piperidine rings is 1. The van der Waals surface area contributed by atoms with Gasteiger partial charge in [-0.15, -0.1) is 21.5 Å². The Hall–Kier alpha value is -4.50. The number of aromatic nitrogens is 3. The van der Waals surface area contributed by atoms with Gasteiger partial charge < -0.3 is 20.3 Å². The molecule has 0 spiro atoms. The van der Waals surface area contributed by atoms with Crippen molar-refractivity contribution in [2.45, 2.75) is 51.7 Å². The number of anilines is 1. The summed E-state index contributed by atoms with van der Waals surface area (Å²) in [6.45, 7) is 7.71. The molecular formula is C35H34ClN7O3S. The van der Waals surface area contributed by atoms with E-state index in [2.05, 4.69) is 45.4 Å². The quantitative estimate of drug-likeness (QED) is 0.241. The van der Waals surface area contributed by atoms with E-state index in [1.165, 1.54) is 12.0 Å². The van der Waals surface area contributed by atoms with Crippen LogP contribution in [0.5, 0.6) is 0 Å². The van der Waals surface area contributed by atoms with E-state index in [0.717, 1.165) is 45.3 Å². The van der Waals surface area contributed by atoms with Gasteiger partial charge >= 0.3 is 5.97 Å². The third kappa shape index (κ3) is 5.40. The Morgan fingerprint density at radius 2 is 1.83 bits per heavy atom. The molecule has 0 aliphatic carbocycles. The maximum Gasteiger partial charge on any atom is 0.339 e. The molecular weight excluding hydrogens is 634 g/mol. The van der Waals surface area contributed by atoms with Gasteiger partial charge in [-0.05, 0) is 63.1 Å². The summed E-state index contributed by atoms with van der Waals surface area (Å²) in [5.41, 5.74) is 11.5. The molecule has 2 N–H and O–H groups in total. The van der Waals surface area contributed by atoms with Crippen LogP contribution in [0.1, 0.15) is 68.0 Å². The lowest BCUT2D eigenvalue weighted by Crippen LogP contribution is -2.70. The van der Waals surface area contributed by atoms with Crippen molar-refractivity contribution in [3.05, 3.63) is 91.8 Å². The standard InChI is InChI=1S/C35H34ClN7O3S/c1-19-20(2)47-34-31(19)32(22-7-9-24(36)10-8-22)38-29(33-40-39-21(3)42(33)34)16-30(44)43-26-15-27(43)18-41(17-26)25-11-12-28(35(45)46-4)23(14-25)6-5-13-37/h7-12,14,26-27,29H,13,15-18,37H2,1-4H3/t26?,27?,29-/m0/s1. The van der Waals surface area contributed by atoms with Gasteiger partial charge in [0.15, 0.2) is 5.82 Å². The summed E-state index contributed by atoms with van der Waals surface area (Å²) in [5, 5.41) is 10.7. The van der Waals surface area contributed by atoms with E-state index in [0.29, 0.717) is 35.1 Å². The van der Waals surface area contributed by atoms with Crippen molar-refractivity contribution >= 4 is 46.2 Å². The number of piperazine rings is 1. The second kappa shape index (κ2) is 12.3. The number of aliphatic imine (C=N–C) groups is 1. The first kappa shape index (κ1) is 31.1. The number of methoxy groups -OCH3 is 1. The molecule has 6 heterocycles. The van der Waals surface area contributed by atoms with Gasteiger partial charge in [-0.3, -0.25) is 14.4 Å². The van der Waals surface area contributed by atoms with Crippen LogP contribution >= 0.6 is 22.9 Å². The van der Waals surface area contributed by atoms with Crippen LogP contribution in [0.3, 0.4) is 0 Å². The summed E-state index contributed by atoms with van der Waals surface area (Å²) in [4.78, 5) is 37.2. The zero-order chi connectivity index (χ0) is 33.0. The number of hydrogen-bond acceptors (Lipinski definition) is 9. The fraction of sp³-hybridized carbons (Fsp3) is 0.343. The van der Waals surface area contributed by atoms with Crippen LogP contribution in [-0.2, 0) is 9.53 Å². The third-order valence-corrected chi connectivity index (χ3v) is 10.7. The van der Waals surface area contributed by atoms with Crippen molar-refractivity contribution in [1.82, 2.24) is 19.7 Å². The maximum absolute atomic E-state index is 14.1. The molecule has 4 aromatic rings. The Bertz CT molecular complexity index is 1990. The van der Waals surface area contributed by atoms with Crippen LogP contribution in [-0.4, -0.2) is 76.1 Å². The highest BCUT2D eigenvalue weighted by molar-refractivity contribution is 7.15. The largest absolute Gasteiger partial charge is 0.465 e. The molecule has 2 bridgehead atoms. The number of aryl methyl sites for hydroxylation is 2. The highest BCUT2D eigenvalue weighted by Crippen LogP contribution is 2.41. The summed E-state index contributed by atoms with van der Waals surface area (Å²) < 4.78 is 7.02. The summed E-state index contributed by atoms with van der Waals surface area (Å²) in [6.07, 6.45) is 1.12. The van der Waals surface area contributed by atoms with Crippen LogP contribution in [0.2, 0.25) is 5.02 Å². The molecule has 0 saturated carbocycles. The molecule has 3 saturated heterocycles. The lowest BCUT2D eigenvalue weighted by atomic mass is 9.86. The molecule has 2 unspecified atom stereocenters. The second-order valence-corrected chi connectivity index (χ2v) is 13.7. The Labute approximate surface area is 282 Å². The third-order valence-electron chi connectivity index (χ3n) is 9.31. The normalized spacial score (nSPS) is 19.4. The minimum Gasteiger partial charge on any atom is -0.465 e. The van der Waals surface area contributed by atoms with Crippen LogP contribution in [0, 0.1) is 32.6 Å². The van der Waals surface area contributed by atoms with Gasteiger partial charge in [-0.1, -0.05) is 35.6 Å². The zero-order valence-corrected chi connectivity index (χ0v) is 28.2. The van der Waals surface area contributed by atoms with Gasteiger partial charge in [0.2, 0.25) is 5.91 Å². The smallest absolute Gasteiger partial charge is 0.339 e. The van der Waals surface area contributed by atoms with Gasteiger partial charge in [0.05, 0.1) is 43.4 Å². The zero-order valence-electron chi connectivity index (χ0n) is 26.6. The van der Waals surface area contributed by atoms with Gasteiger partial charge in [0.1, 0.15) is 16.9 Å². The van der Waals surface area contributed by atoms with E-state index < -0.39 is 12.0 Å². The summed E-state index contributed by atoms with van der Waals surface area (Å²) in [6, 6.07) is 12.9. The number of rotatable bonds is 5. The molecule has 10 nitrogen and oxygen atoms in total. The second-order valence-electron chi connectivity index (χ2n) is 12.1. The Morgan fingerprint density at radius 1 is 1.09 bits per heavy atom. The molecule has 2 aromatic carbocycles. The highest BCUT2D eigenvalue weighted by Gasteiger charge is 2.48. The number of amides is 1. The van der Waals surface area contributed by atoms with E-state index in [9.17, 15) is 9.59 Å². The van der Waals surface area contributed by atoms with Crippen LogP contribution in [0.15, 0.2) is 47.5 Å². The molecule has 12 heteroatoms. The number of fused-ring (bicyclic) bond motifs is 5. The molecule has 2 aromatic heterocycles. The summed E-state index contributed by atoms with van der Waals surface area (Å²) in [5.74, 6) is 6.90. The molecule has 3 atom stereocenters. The van der Waals surface area contributed by atoms with Crippen molar-refractivity contribution in [3.8, 4) is 16.8 Å². The summed E-state index contributed by atoms with van der Waals surface area (Å²) >= 11 is 7.95. The lowest BCUT2D eigenvalue weighted by molar-refractivity contribution is -0.146. The monoisotopic (exact) mass is 667 g/mol. The Kier molecular flexibility index (Phi) is 8.12. The average Bonchev–Trinajstić information content (AvgIpc) is 3.55. The van der Waals surface area contributed by atoms with Crippen molar-refractivity contribution in [2.24, 2.45) is 10.7 Å². The van der Waals surface area contributed by atoms with Crippen LogP contribution in [0.4, 0.5) is 5.69 Å². The molecule has 8 rings (SSSR count). The minimum absolute atomic E-state index is 0.0519. The number of benzene rings is 2. The number of carbonyl (C=O) groups excluding carboxylic acids is 2. The van der Waals surface area contributed by atoms with Gasteiger partial charge in [-0.25, -0.2) is 4.79 Å². The van der Waals surface area contributed by atoms with E-state index in [-0.39, 0.29) is 31.0 Å². The predicted molar refractivity (Wildman–Crippen MR) is 183 cm³/mol. The maximum atomic E-state index is 14.1. The number of halogens is 1. The molecule has 0 radical (unpaired) electrons. The number of nitrogens with zero attached hydrogens (tertiary/aromatic N) is 6. The van der Waals surface area contributed by atoms with E-state index in [4.69, 9.17) is 27.1 Å². The SMILES string of the molecule is COC(=O)c1ccc(N2CC3CC(C2)N3C(=O)C[C@@H]2N=C(c3ccc(Cl)cc3)c3c(sc(C)c3C)-n3c(C)nnc32)cc1C#CCN. The number of thiophene rings is 1. The highest BCUT2D eigenvalue weighted by atomic mass is 35.5. The van der Waals surface area contributed by atoms with Gasteiger partial charge in [0, 0.05) is 45.4 Å². The number of carbonyl (C=O) groups is 2. The van der Waals surface area contributed by atoms with E-state index in [1.807, 2.05) is 48.2 Å². The van der Waals surface area contributed by atoms with Gasteiger partial charge in [-0.2, -0.15) is 0 Å². The first-order chi connectivity index (χ1) is 22.7. The predicted octanol–water partition coefficient (Wildman–Crippen LogP) is 4.78. The first-order valence-corrected chi connectivity index (χ1v) is 16.7. The fourth-order valence-corrected chi connectivity index (χ4v) is 8.24. The molecule has 4 aliphatic rings. The molecule has 3 fully saturated rings. The number of nitrogens with two attached hydrogens (primary N) is 1.